The molecule has 0 aliphatic carbocycles. The Labute approximate surface area is 186 Å². The Hall–Kier alpha value is -3.29. The predicted molar refractivity (Wildman–Crippen MR) is 119 cm³/mol. The summed E-state index contributed by atoms with van der Waals surface area (Å²) < 4.78 is 16.9. The number of carbonyl (C=O) groups excluding carboxylic acids is 1. The molecule has 1 aromatic heterocycles. The highest BCUT2D eigenvalue weighted by Crippen LogP contribution is 2.53. The third kappa shape index (κ3) is 2.85. The predicted octanol–water partition coefficient (Wildman–Crippen LogP) is 4.17. The third-order valence-electron chi connectivity index (χ3n) is 6.76. The second kappa shape index (κ2) is 6.85. The summed E-state index contributed by atoms with van der Waals surface area (Å²) in [6.07, 6.45) is 2.47. The van der Waals surface area contributed by atoms with E-state index in [9.17, 15) is 4.79 Å². The van der Waals surface area contributed by atoms with Crippen LogP contribution in [0.3, 0.4) is 0 Å². The summed E-state index contributed by atoms with van der Waals surface area (Å²) >= 11 is 0. The minimum absolute atomic E-state index is 0.181. The number of rotatable bonds is 3. The van der Waals surface area contributed by atoms with Crippen LogP contribution in [0.1, 0.15) is 44.9 Å². The topological polar surface area (TPSA) is 83.7 Å². The molecule has 0 saturated carbocycles. The van der Waals surface area contributed by atoms with E-state index in [1.807, 2.05) is 65.2 Å². The Morgan fingerprint density at radius 3 is 2.78 bits per heavy atom. The zero-order valence-corrected chi connectivity index (χ0v) is 19.0. The van der Waals surface area contributed by atoms with Gasteiger partial charge in [-0.1, -0.05) is 25.1 Å². The number of hydrogen-bond donors (Lipinski definition) is 2. The van der Waals surface area contributed by atoms with Gasteiger partial charge >= 0.3 is 0 Å². The van der Waals surface area contributed by atoms with Crippen LogP contribution in [0, 0.1) is 6.92 Å². The van der Waals surface area contributed by atoms with Gasteiger partial charge in [0.15, 0.2) is 6.17 Å². The molecule has 166 valence electrons. The number of aromatic nitrogens is 2. The fourth-order valence-electron chi connectivity index (χ4n) is 5.51. The van der Waals surface area contributed by atoms with E-state index in [0.29, 0.717) is 24.0 Å². The average Bonchev–Trinajstić information content (AvgIpc) is 3.27. The molecule has 8 heteroatoms. The van der Waals surface area contributed by atoms with E-state index in [4.69, 9.17) is 0 Å². The third-order valence-corrected chi connectivity index (χ3v) is 6.76. The SMILES string of the molecule is CCC1(c2cccc(-c3cn(C)nc3C)c2)C2=C(CC(C)(C)NC2=O)NC2N=NC(F)=C21. The number of hydrogen-bond acceptors (Lipinski definition) is 5. The maximum absolute atomic E-state index is 15.2. The van der Waals surface area contributed by atoms with Gasteiger partial charge in [-0.25, -0.2) is 0 Å². The Balaban J connectivity index is 1.78. The second-order valence-electron chi connectivity index (χ2n) is 9.48. The first-order valence-corrected chi connectivity index (χ1v) is 10.9. The quantitative estimate of drug-likeness (QED) is 0.711. The van der Waals surface area contributed by atoms with Gasteiger partial charge in [-0.05, 0) is 44.4 Å². The summed E-state index contributed by atoms with van der Waals surface area (Å²) in [6, 6.07) is 7.99. The Kier molecular flexibility index (Phi) is 4.41. The largest absolute Gasteiger partial charge is 0.362 e. The van der Waals surface area contributed by atoms with Gasteiger partial charge in [0.2, 0.25) is 5.95 Å². The number of nitrogens with one attached hydrogen (secondary N) is 2. The van der Waals surface area contributed by atoms with Gasteiger partial charge in [-0.15, -0.1) is 5.11 Å². The zero-order chi connectivity index (χ0) is 22.8. The van der Waals surface area contributed by atoms with Crippen molar-refractivity contribution < 1.29 is 9.18 Å². The van der Waals surface area contributed by atoms with Gasteiger partial charge in [0.25, 0.3) is 5.91 Å². The Morgan fingerprint density at radius 1 is 1.31 bits per heavy atom. The highest BCUT2D eigenvalue weighted by molar-refractivity contribution is 6.00. The average molecular weight is 435 g/mol. The van der Waals surface area contributed by atoms with Crippen molar-refractivity contribution in [2.24, 2.45) is 17.3 Å². The van der Waals surface area contributed by atoms with Gasteiger partial charge in [-0.3, -0.25) is 9.48 Å². The molecule has 0 fully saturated rings. The van der Waals surface area contributed by atoms with E-state index < -0.39 is 23.1 Å². The van der Waals surface area contributed by atoms with Gasteiger partial charge < -0.3 is 10.6 Å². The van der Waals surface area contributed by atoms with E-state index in [2.05, 4.69) is 26.0 Å². The molecule has 2 unspecified atom stereocenters. The molecule has 1 amide bonds. The van der Waals surface area contributed by atoms with Crippen molar-refractivity contribution in [1.29, 1.82) is 0 Å². The van der Waals surface area contributed by atoms with Crippen molar-refractivity contribution in [2.75, 3.05) is 0 Å². The van der Waals surface area contributed by atoms with Crippen molar-refractivity contribution in [2.45, 2.75) is 57.7 Å². The lowest BCUT2D eigenvalue weighted by Crippen LogP contribution is -2.58. The number of benzene rings is 1. The Morgan fingerprint density at radius 2 is 2.09 bits per heavy atom. The number of carbonyl (C=O) groups is 1. The standard InChI is InChI=1S/C24H27FN6O/c1-6-24(15-9-7-8-14(10-15)16-12-31(5)30-13(16)2)18-17(11-23(3,4)27-22(18)32)26-21-19(24)20(25)28-29-21/h7-10,12,21,26H,6,11H2,1-5H3,(H,27,32). The van der Waals surface area contributed by atoms with Gasteiger partial charge in [0, 0.05) is 42.0 Å². The van der Waals surface area contributed by atoms with Crippen LogP contribution in [0.2, 0.25) is 0 Å². The summed E-state index contributed by atoms with van der Waals surface area (Å²) in [6.45, 7) is 7.92. The molecule has 5 rings (SSSR count). The molecule has 3 aliphatic heterocycles. The molecule has 0 bridgehead atoms. The molecule has 0 radical (unpaired) electrons. The summed E-state index contributed by atoms with van der Waals surface area (Å²) in [4.78, 5) is 13.5. The lowest BCUT2D eigenvalue weighted by molar-refractivity contribution is -0.120. The van der Waals surface area contributed by atoms with E-state index in [1.54, 1.807) is 4.68 Å². The first-order valence-electron chi connectivity index (χ1n) is 10.9. The van der Waals surface area contributed by atoms with Crippen LogP contribution in [0.25, 0.3) is 11.1 Å². The monoisotopic (exact) mass is 434 g/mol. The fourth-order valence-corrected chi connectivity index (χ4v) is 5.51. The number of nitrogens with zero attached hydrogens (tertiary/aromatic N) is 4. The smallest absolute Gasteiger partial charge is 0.250 e. The van der Waals surface area contributed by atoms with Gasteiger partial charge in [0.1, 0.15) is 0 Å². The molecular weight excluding hydrogens is 407 g/mol. The van der Waals surface area contributed by atoms with Crippen molar-refractivity contribution in [1.82, 2.24) is 20.4 Å². The van der Waals surface area contributed by atoms with Crippen molar-refractivity contribution in [3.05, 3.63) is 64.5 Å². The number of azo groups is 1. The van der Waals surface area contributed by atoms with Gasteiger partial charge in [-0.2, -0.15) is 14.6 Å². The molecule has 7 nitrogen and oxygen atoms in total. The van der Waals surface area contributed by atoms with Crippen molar-refractivity contribution >= 4 is 5.91 Å². The lowest BCUT2D eigenvalue weighted by Gasteiger charge is -2.48. The molecule has 2 atom stereocenters. The molecule has 2 N–H and O–H groups in total. The van der Waals surface area contributed by atoms with Crippen LogP contribution in [-0.4, -0.2) is 27.4 Å². The normalized spacial score (nSPS) is 26.1. The lowest BCUT2D eigenvalue weighted by atomic mass is 9.62. The highest BCUT2D eigenvalue weighted by Gasteiger charge is 2.55. The summed E-state index contributed by atoms with van der Waals surface area (Å²) in [5, 5.41) is 18.8. The maximum atomic E-state index is 15.2. The number of halogens is 1. The Bertz CT molecular complexity index is 1240. The van der Waals surface area contributed by atoms with E-state index in [1.165, 1.54) is 0 Å². The highest BCUT2D eigenvalue weighted by atomic mass is 19.1. The zero-order valence-electron chi connectivity index (χ0n) is 19.0. The van der Waals surface area contributed by atoms with Crippen molar-refractivity contribution in [3.8, 4) is 11.1 Å². The van der Waals surface area contributed by atoms with Crippen LogP contribution in [0.5, 0.6) is 0 Å². The summed E-state index contributed by atoms with van der Waals surface area (Å²) in [5.41, 5.74) is 4.15. The molecule has 0 spiro atoms. The van der Waals surface area contributed by atoms with Crippen LogP contribution in [0.15, 0.2) is 63.5 Å². The molecule has 1 aromatic carbocycles. The molecule has 0 saturated heterocycles. The molecular formula is C24H27FN6O. The van der Waals surface area contributed by atoms with Crippen LogP contribution in [0.4, 0.5) is 4.39 Å². The maximum Gasteiger partial charge on any atom is 0.250 e. The molecule has 32 heavy (non-hydrogen) atoms. The van der Waals surface area contributed by atoms with Crippen LogP contribution < -0.4 is 10.6 Å². The number of aryl methyl sites for hydroxylation is 2. The first kappa shape index (κ1) is 20.6. The van der Waals surface area contributed by atoms with Gasteiger partial charge in [0.05, 0.1) is 16.7 Å². The summed E-state index contributed by atoms with van der Waals surface area (Å²) in [5.74, 6) is -0.796. The number of amides is 1. The fraction of sp³-hybridized carbons (Fsp3) is 0.417. The number of fused-ring (bicyclic) bond motifs is 1. The van der Waals surface area contributed by atoms with Crippen molar-refractivity contribution in [3.63, 3.8) is 0 Å². The minimum Gasteiger partial charge on any atom is -0.362 e. The molecule has 3 aliphatic rings. The second-order valence-corrected chi connectivity index (χ2v) is 9.48. The van der Waals surface area contributed by atoms with Crippen LogP contribution in [-0.2, 0) is 17.3 Å². The molecule has 2 aromatic rings. The van der Waals surface area contributed by atoms with E-state index >= 15 is 4.39 Å². The minimum atomic E-state index is -0.967. The summed E-state index contributed by atoms with van der Waals surface area (Å²) in [7, 11) is 1.89. The molecule has 4 heterocycles. The van der Waals surface area contributed by atoms with E-state index in [-0.39, 0.29) is 5.91 Å². The van der Waals surface area contributed by atoms with Crippen LogP contribution >= 0.6 is 0 Å². The van der Waals surface area contributed by atoms with E-state index in [0.717, 1.165) is 28.1 Å². The first-order chi connectivity index (χ1) is 15.2.